The van der Waals surface area contributed by atoms with Crippen molar-refractivity contribution in [1.82, 2.24) is 5.32 Å². The summed E-state index contributed by atoms with van der Waals surface area (Å²) in [5.74, 6) is 0.290. The van der Waals surface area contributed by atoms with Gasteiger partial charge in [-0.15, -0.1) is 0 Å². The molecule has 0 fully saturated rings. The van der Waals surface area contributed by atoms with Crippen LogP contribution in [0.25, 0.3) is 0 Å². The maximum Gasteiger partial charge on any atom is 0.241 e. The summed E-state index contributed by atoms with van der Waals surface area (Å²) in [6.07, 6.45) is 1.91. The number of carbonyl (C=O) groups excluding carboxylic acids is 1. The van der Waals surface area contributed by atoms with Crippen LogP contribution in [0.4, 0.5) is 0 Å². The van der Waals surface area contributed by atoms with Gasteiger partial charge in [0.25, 0.3) is 0 Å². The third-order valence-corrected chi connectivity index (χ3v) is 3.73. The van der Waals surface area contributed by atoms with Crippen LogP contribution in [-0.4, -0.2) is 35.2 Å². The first-order valence-corrected chi connectivity index (χ1v) is 7.56. The zero-order chi connectivity index (χ0) is 14.5. The Hall–Kier alpha value is -1.04. The van der Waals surface area contributed by atoms with Crippen LogP contribution in [0.1, 0.15) is 24.1 Å². The molecule has 0 bridgehead atoms. The zero-order valence-corrected chi connectivity index (χ0v) is 12.5. The molecule has 106 valence electrons. The van der Waals surface area contributed by atoms with Crippen molar-refractivity contribution in [2.75, 3.05) is 18.6 Å². The summed E-state index contributed by atoms with van der Waals surface area (Å²) in [6.45, 7) is 3.88. The highest BCUT2D eigenvalue weighted by Gasteiger charge is 2.22. The lowest BCUT2D eigenvalue weighted by molar-refractivity contribution is -0.123. The van der Waals surface area contributed by atoms with E-state index in [-0.39, 0.29) is 12.5 Å². The summed E-state index contributed by atoms with van der Waals surface area (Å²) in [6, 6.07) is 6.84. The van der Waals surface area contributed by atoms with Gasteiger partial charge in [-0.3, -0.25) is 4.79 Å². The van der Waals surface area contributed by atoms with Gasteiger partial charge in [0.1, 0.15) is 6.04 Å². The fourth-order valence-corrected chi connectivity index (χ4v) is 2.40. The van der Waals surface area contributed by atoms with Gasteiger partial charge in [0.2, 0.25) is 5.91 Å². The Bertz CT molecular complexity index is 418. The van der Waals surface area contributed by atoms with Gasteiger partial charge in [-0.05, 0) is 25.7 Å². The Balaban J connectivity index is 2.56. The normalized spacial score (nSPS) is 15.6. The van der Waals surface area contributed by atoms with Crippen LogP contribution in [-0.2, 0) is 4.79 Å². The Morgan fingerprint density at radius 2 is 2.05 bits per heavy atom. The number of thioether (sulfide) groups is 1. The van der Waals surface area contributed by atoms with Crippen molar-refractivity contribution in [2.45, 2.75) is 25.5 Å². The van der Waals surface area contributed by atoms with E-state index in [1.54, 1.807) is 6.92 Å². The predicted octanol–water partition coefficient (Wildman–Crippen LogP) is 1.23. The maximum atomic E-state index is 11.9. The quantitative estimate of drug-likeness (QED) is 0.733. The van der Waals surface area contributed by atoms with Crippen molar-refractivity contribution >= 4 is 17.7 Å². The standard InChI is InChI=1S/C14H22N2O2S/c1-10-4-6-11(7-5-10)12(15)13(17)16-8-14(2,18)9-19-3/h4-7,12,18H,8-9,15H2,1-3H3,(H,16,17). The molecule has 4 nitrogen and oxygen atoms in total. The second-order valence-electron chi connectivity index (χ2n) is 5.04. The molecular weight excluding hydrogens is 260 g/mol. The molecule has 0 spiro atoms. The van der Waals surface area contributed by atoms with Gasteiger partial charge >= 0.3 is 0 Å². The molecule has 0 saturated carbocycles. The van der Waals surface area contributed by atoms with E-state index in [0.717, 1.165) is 11.1 Å². The third kappa shape index (κ3) is 5.22. The number of aliphatic hydroxyl groups is 1. The summed E-state index contributed by atoms with van der Waals surface area (Å²) in [4.78, 5) is 11.9. The molecule has 0 aliphatic carbocycles. The molecule has 2 atom stereocenters. The van der Waals surface area contributed by atoms with Gasteiger partial charge in [-0.1, -0.05) is 29.8 Å². The number of aryl methyl sites for hydroxylation is 1. The SMILES string of the molecule is CSCC(C)(O)CNC(=O)C(N)c1ccc(C)cc1. The molecule has 0 aliphatic rings. The molecule has 1 rings (SSSR count). The highest BCUT2D eigenvalue weighted by Crippen LogP contribution is 2.13. The molecule has 1 aromatic rings. The number of nitrogens with one attached hydrogen (secondary N) is 1. The number of amides is 1. The molecule has 0 aromatic heterocycles. The predicted molar refractivity (Wildman–Crippen MR) is 80.1 cm³/mol. The molecule has 0 saturated heterocycles. The maximum absolute atomic E-state index is 11.9. The number of rotatable bonds is 6. The Kier molecular flexibility index (Phi) is 5.85. The molecular formula is C14H22N2O2S. The number of nitrogens with two attached hydrogens (primary N) is 1. The monoisotopic (exact) mass is 282 g/mol. The van der Waals surface area contributed by atoms with Crippen LogP contribution < -0.4 is 11.1 Å². The number of hydrogen-bond donors (Lipinski definition) is 3. The summed E-state index contributed by atoms with van der Waals surface area (Å²) in [5, 5.41) is 12.7. The molecule has 1 amide bonds. The molecule has 19 heavy (non-hydrogen) atoms. The van der Waals surface area contributed by atoms with Crippen LogP contribution in [0, 0.1) is 6.92 Å². The Morgan fingerprint density at radius 1 is 1.47 bits per heavy atom. The van der Waals surface area contributed by atoms with Crippen molar-refractivity contribution in [3.8, 4) is 0 Å². The van der Waals surface area contributed by atoms with Gasteiger partial charge in [0.15, 0.2) is 0 Å². The van der Waals surface area contributed by atoms with E-state index in [9.17, 15) is 9.90 Å². The van der Waals surface area contributed by atoms with Crippen LogP contribution in [0.15, 0.2) is 24.3 Å². The lowest BCUT2D eigenvalue weighted by atomic mass is 10.0. The molecule has 0 aliphatic heterocycles. The summed E-state index contributed by atoms with van der Waals surface area (Å²) in [7, 11) is 0. The van der Waals surface area contributed by atoms with Crippen LogP contribution in [0.2, 0.25) is 0 Å². The van der Waals surface area contributed by atoms with E-state index in [2.05, 4.69) is 5.32 Å². The zero-order valence-electron chi connectivity index (χ0n) is 11.6. The topological polar surface area (TPSA) is 75.3 Å². The van der Waals surface area contributed by atoms with Crippen molar-refractivity contribution in [1.29, 1.82) is 0 Å². The van der Waals surface area contributed by atoms with Crippen molar-refractivity contribution in [3.63, 3.8) is 0 Å². The molecule has 0 radical (unpaired) electrons. The molecule has 1 aromatic carbocycles. The molecule has 4 N–H and O–H groups in total. The third-order valence-electron chi connectivity index (χ3n) is 2.82. The van der Waals surface area contributed by atoms with E-state index in [0.29, 0.717) is 5.75 Å². The van der Waals surface area contributed by atoms with Crippen LogP contribution in [0.5, 0.6) is 0 Å². The first kappa shape index (κ1) is 16.0. The fourth-order valence-electron chi connectivity index (χ4n) is 1.67. The van der Waals surface area contributed by atoms with Crippen LogP contribution >= 0.6 is 11.8 Å². The van der Waals surface area contributed by atoms with E-state index in [1.807, 2.05) is 37.4 Å². The van der Waals surface area contributed by atoms with Gasteiger partial charge in [-0.25, -0.2) is 0 Å². The van der Waals surface area contributed by atoms with Crippen molar-refractivity contribution in [2.24, 2.45) is 5.73 Å². The summed E-state index contributed by atoms with van der Waals surface area (Å²) < 4.78 is 0. The number of benzene rings is 1. The summed E-state index contributed by atoms with van der Waals surface area (Å²) in [5.41, 5.74) is 6.87. The van der Waals surface area contributed by atoms with Crippen molar-refractivity contribution < 1.29 is 9.90 Å². The minimum atomic E-state index is -0.915. The van der Waals surface area contributed by atoms with Gasteiger partial charge in [0, 0.05) is 12.3 Å². The second kappa shape index (κ2) is 6.93. The van der Waals surface area contributed by atoms with Gasteiger partial charge < -0.3 is 16.2 Å². The molecule has 0 heterocycles. The summed E-state index contributed by atoms with van der Waals surface area (Å²) >= 11 is 1.53. The smallest absolute Gasteiger partial charge is 0.241 e. The highest BCUT2D eigenvalue weighted by molar-refractivity contribution is 7.98. The van der Waals surface area contributed by atoms with Gasteiger partial charge in [0.05, 0.1) is 5.60 Å². The second-order valence-corrected chi connectivity index (χ2v) is 5.90. The lowest BCUT2D eigenvalue weighted by Crippen LogP contribution is -2.45. The highest BCUT2D eigenvalue weighted by atomic mass is 32.2. The number of carbonyl (C=O) groups is 1. The van der Waals surface area contributed by atoms with Crippen molar-refractivity contribution in [3.05, 3.63) is 35.4 Å². The largest absolute Gasteiger partial charge is 0.387 e. The molecule has 5 heteroatoms. The van der Waals surface area contributed by atoms with E-state index in [4.69, 9.17) is 5.73 Å². The van der Waals surface area contributed by atoms with Gasteiger partial charge in [-0.2, -0.15) is 11.8 Å². The first-order chi connectivity index (χ1) is 8.85. The van der Waals surface area contributed by atoms with E-state index < -0.39 is 11.6 Å². The average molecular weight is 282 g/mol. The Labute approximate surface area is 118 Å². The Morgan fingerprint density at radius 3 is 2.58 bits per heavy atom. The first-order valence-electron chi connectivity index (χ1n) is 6.17. The molecule has 2 unspecified atom stereocenters. The van der Waals surface area contributed by atoms with E-state index in [1.165, 1.54) is 11.8 Å². The fraction of sp³-hybridized carbons (Fsp3) is 0.500. The van der Waals surface area contributed by atoms with E-state index >= 15 is 0 Å². The van der Waals surface area contributed by atoms with Crippen LogP contribution in [0.3, 0.4) is 0 Å². The minimum absolute atomic E-state index is 0.201. The number of hydrogen-bond acceptors (Lipinski definition) is 4. The minimum Gasteiger partial charge on any atom is -0.387 e. The average Bonchev–Trinajstić information content (AvgIpc) is 2.36. The lowest BCUT2D eigenvalue weighted by Gasteiger charge is -2.23.